The van der Waals surface area contributed by atoms with E-state index in [1.165, 1.54) is 5.56 Å². The lowest BCUT2D eigenvalue weighted by molar-refractivity contribution is -0.122. The number of carbonyl (C=O) groups excluding carboxylic acids is 1. The average Bonchev–Trinajstić information content (AvgIpc) is 2.44. The summed E-state index contributed by atoms with van der Waals surface area (Å²) in [5, 5.41) is 2.91. The summed E-state index contributed by atoms with van der Waals surface area (Å²) in [7, 11) is 0. The number of anilines is 1. The summed E-state index contributed by atoms with van der Waals surface area (Å²) in [5.41, 5.74) is 4.07. The minimum absolute atomic E-state index is 0.148. The van der Waals surface area contributed by atoms with Gasteiger partial charge in [0.1, 0.15) is 5.75 Å². The first-order chi connectivity index (χ1) is 9.97. The second-order valence-electron chi connectivity index (χ2n) is 5.33. The van der Waals surface area contributed by atoms with Crippen LogP contribution in [-0.4, -0.2) is 12.0 Å². The van der Waals surface area contributed by atoms with Gasteiger partial charge in [0, 0.05) is 5.69 Å². The maximum absolute atomic E-state index is 12.2. The van der Waals surface area contributed by atoms with Crippen molar-refractivity contribution in [1.29, 1.82) is 0 Å². The highest BCUT2D eigenvalue weighted by Crippen LogP contribution is 2.20. The SMILES string of the molecule is Cc1ccc(NC(=O)C(C)Oc2ccccc2C)c(C)c1. The number of para-hydroxylation sites is 1. The van der Waals surface area contributed by atoms with Gasteiger partial charge >= 0.3 is 0 Å². The monoisotopic (exact) mass is 283 g/mol. The Morgan fingerprint density at radius 3 is 2.43 bits per heavy atom. The molecule has 1 amide bonds. The summed E-state index contributed by atoms with van der Waals surface area (Å²) < 4.78 is 5.73. The highest BCUT2D eigenvalue weighted by atomic mass is 16.5. The van der Waals surface area contributed by atoms with Crippen LogP contribution in [0.5, 0.6) is 5.75 Å². The molecule has 2 aromatic rings. The van der Waals surface area contributed by atoms with Gasteiger partial charge in [-0.25, -0.2) is 0 Å². The fourth-order valence-electron chi connectivity index (χ4n) is 2.12. The van der Waals surface area contributed by atoms with E-state index in [0.717, 1.165) is 22.6 Å². The second-order valence-corrected chi connectivity index (χ2v) is 5.33. The van der Waals surface area contributed by atoms with Crippen molar-refractivity contribution in [3.8, 4) is 5.75 Å². The van der Waals surface area contributed by atoms with Crippen LogP contribution in [0.3, 0.4) is 0 Å². The topological polar surface area (TPSA) is 38.3 Å². The number of ether oxygens (including phenoxy) is 1. The van der Waals surface area contributed by atoms with E-state index in [0.29, 0.717) is 0 Å². The van der Waals surface area contributed by atoms with Crippen molar-refractivity contribution in [2.45, 2.75) is 33.8 Å². The molecule has 3 heteroatoms. The summed E-state index contributed by atoms with van der Waals surface area (Å²) in [6.45, 7) is 7.73. The molecule has 0 bridgehead atoms. The molecule has 1 N–H and O–H groups in total. The Hall–Kier alpha value is -2.29. The number of amides is 1. The van der Waals surface area contributed by atoms with Crippen LogP contribution < -0.4 is 10.1 Å². The number of carbonyl (C=O) groups is 1. The molecule has 0 saturated heterocycles. The summed E-state index contributed by atoms with van der Waals surface area (Å²) in [6.07, 6.45) is -0.549. The van der Waals surface area contributed by atoms with Gasteiger partial charge < -0.3 is 10.1 Å². The molecular formula is C18H21NO2. The Kier molecular flexibility index (Phi) is 4.63. The Labute approximate surface area is 126 Å². The zero-order valence-corrected chi connectivity index (χ0v) is 12.9. The molecule has 2 rings (SSSR count). The largest absolute Gasteiger partial charge is 0.481 e. The number of nitrogens with one attached hydrogen (secondary N) is 1. The predicted molar refractivity (Wildman–Crippen MR) is 85.8 cm³/mol. The van der Waals surface area contributed by atoms with E-state index >= 15 is 0 Å². The van der Waals surface area contributed by atoms with Crippen molar-refractivity contribution in [2.24, 2.45) is 0 Å². The van der Waals surface area contributed by atoms with E-state index < -0.39 is 6.10 Å². The van der Waals surface area contributed by atoms with Crippen LogP contribution in [0, 0.1) is 20.8 Å². The third-order valence-electron chi connectivity index (χ3n) is 3.41. The Bertz CT molecular complexity index is 649. The van der Waals surface area contributed by atoms with E-state index in [2.05, 4.69) is 5.32 Å². The molecule has 2 aromatic carbocycles. The minimum Gasteiger partial charge on any atom is -0.481 e. The van der Waals surface area contributed by atoms with Crippen molar-refractivity contribution in [3.05, 3.63) is 59.2 Å². The Morgan fingerprint density at radius 2 is 1.76 bits per heavy atom. The van der Waals surface area contributed by atoms with Crippen LogP contribution in [0.4, 0.5) is 5.69 Å². The molecule has 0 aliphatic heterocycles. The number of hydrogen-bond acceptors (Lipinski definition) is 2. The molecule has 0 spiro atoms. The molecule has 0 aliphatic rings. The van der Waals surface area contributed by atoms with Gasteiger partial charge in [-0.05, 0) is 51.0 Å². The van der Waals surface area contributed by atoms with E-state index in [1.807, 2.05) is 63.2 Å². The molecule has 0 heterocycles. The Morgan fingerprint density at radius 1 is 1.05 bits per heavy atom. The first kappa shape index (κ1) is 15.1. The predicted octanol–water partition coefficient (Wildman–Crippen LogP) is 4.02. The van der Waals surface area contributed by atoms with Crippen molar-refractivity contribution < 1.29 is 9.53 Å². The van der Waals surface area contributed by atoms with Crippen LogP contribution >= 0.6 is 0 Å². The van der Waals surface area contributed by atoms with E-state index in [9.17, 15) is 4.79 Å². The average molecular weight is 283 g/mol. The van der Waals surface area contributed by atoms with Crippen LogP contribution in [0.25, 0.3) is 0 Å². The zero-order valence-electron chi connectivity index (χ0n) is 12.9. The normalized spacial score (nSPS) is 11.8. The van der Waals surface area contributed by atoms with Gasteiger partial charge in [0.05, 0.1) is 0 Å². The summed E-state index contributed by atoms with van der Waals surface area (Å²) in [5.74, 6) is 0.589. The quantitative estimate of drug-likeness (QED) is 0.920. The maximum atomic E-state index is 12.2. The maximum Gasteiger partial charge on any atom is 0.265 e. The van der Waals surface area contributed by atoms with Crippen molar-refractivity contribution in [3.63, 3.8) is 0 Å². The molecule has 1 unspecified atom stereocenters. The van der Waals surface area contributed by atoms with E-state index in [-0.39, 0.29) is 5.91 Å². The van der Waals surface area contributed by atoms with E-state index in [4.69, 9.17) is 4.74 Å². The molecule has 1 atom stereocenters. The third-order valence-corrected chi connectivity index (χ3v) is 3.41. The lowest BCUT2D eigenvalue weighted by atomic mass is 10.1. The standard InChI is InChI=1S/C18H21NO2/c1-12-9-10-16(14(3)11-12)19-18(20)15(4)21-17-8-6-5-7-13(17)2/h5-11,15H,1-4H3,(H,19,20). The van der Waals surface area contributed by atoms with Gasteiger partial charge in [0.15, 0.2) is 6.10 Å². The minimum atomic E-state index is -0.549. The second kappa shape index (κ2) is 6.44. The van der Waals surface area contributed by atoms with Gasteiger partial charge in [-0.3, -0.25) is 4.79 Å². The van der Waals surface area contributed by atoms with Crippen molar-refractivity contribution >= 4 is 11.6 Å². The molecule has 0 aliphatic carbocycles. The fraction of sp³-hybridized carbons (Fsp3) is 0.278. The first-order valence-electron chi connectivity index (χ1n) is 7.08. The fourth-order valence-corrected chi connectivity index (χ4v) is 2.12. The van der Waals surface area contributed by atoms with Gasteiger partial charge in [0.2, 0.25) is 0 Å². The van der Waals surface area contributed by atoms with Crippen LogP contribution in [0.2, 0.25) is 0 Å². The van der Waals surface area contributed by atoms with Crippen LogP contribution in [0.15, 0.2) is 42.5 Å². The molecule has 3 nitrogen and oxygen atoms in total. The number of aryl methyl sites for hydroxylation is 3. The molecule has 0 radical (unpaired) electrons. The third kappa shape index (κ3) is 3.85. The molecular weight excluding hydrogens is 262 g/mol. The smallest absolute Gasteiger partial charge is 0.265 e. The summed E-state index contributed by atoms with van der Waals surface area (Å²) in [6, 6.07) is 13.6. The van der Waals surface area contributed by atoms with Crippen molar-refractivity contribution in [1.82, 2.24) is 0 Å². The van der Waals surface area contributed by atoms with Gasteiger partial charge in [0.25, 0.3) is 5.91 Å². The van der Waals surface area contributed by atoms with Crippen molar-refractivity contribution in [2.75, 3.05) is 5.32 Å². The molecule has 0 aromatic heterocycles. The summed E-state index contributed by atoms with van der Waals surface area (Å²) in [4.78, 5) is 12.2. The molecule has 21 heavy (non-hydrogen) atoms. The molecule has 110 valence electrons. The zero-order chi connectivity index (χ0) is 15.4. The van der Waals surface area contributed by atoms with Crippen LogP contribution in [-0.2, 0) is 4.79 Å². The highest BCUT2D eigenvalue weighted by Gasteiger charge is 2.16. The van der Waals surface area contributed by atoms with Gasteiger partial charge in [-0.1, -0.05) is 35.9 Å². The summed E-state index contributed by atoms with van der Waals surface area (Å²) >= 11 is 0. The van der Waals surface area contributed by atoms with Gasteiger partial charge in [-0.15, -0.1) is 0 Å². The lowest BCUT2D eigenvalue weighted by Crippen LogP contribution is -2.30. The first-order valence-corrected chi connectivity index (χ1v) is 7.08. The number of benzene rings is 2. The lowest BCUT2D eigenvalue weighted by Gasteiger charge is -2.17. The Balaban J connectivity index is 2.04. The highest BCUT2D eigenvalue weighted by molar-refractivity contribution is 5.94. The van der Waals surface area contributed by atoms with E-state index in [1.54, 1.807) is 6.92 Å². The molecule has 0 saturated carbocycles. The number of rotatable bonds is 4. The molecule has 0 fully saturated rings. The number of hydrogen-bond donors (Lipinski definition) is 1. The van der Waals surface area contributed by atoms with Crippen LogP contribution in [0.1, 0.15) is 23.6 Å². The van der Waals surface area contributed by atoms with Gasteiger partial charge in [-0.2, -0.15) is 0 Å².